The normalized spacial score (nSPS) is 24.3. The third kappa shape index (κ3) is 4.55. The van der Waals surface area contributed by atoms with Gasteiger partial charge in [-0.15, -0.1) is 0 Å². The Bertz CT molecular complexity index is 589. The summed E-state index contributed by atoms with van der Waals surface area (Å²) in [5.74, 6) is -0.187. The summed E-state index contributed by atoms with van der Waals surface area (Å²) in [6, 6.07) is 4.45. The van der Waals surface area contributed by atoms with Crippen LogP contribution >= 0.6 is 0 Å². The van der Waals surface area contributed by atoms with Gasteiger partial charge in [-0.2, -0.15) is 0 Å². The van der Waals surface area contributed by atoms with Crippen molar-refractivity contribution in [3.63, 3.8) is 0 Å². The summed E-state index contributed by atoms with van der Waals surface area (Å²) in [5.41, 5.74) is 1.18. The molecule has 2 saturated heterocycles. The van der Waals surface area contributed by atoms with Gasteiger partial charge in [-0.1, -0.05) is 0 Å². The lowest BCUT2D eigenvalue weighted by Crippen LogP contribution is -2.52. The highest BCUT2D eigenvalue weighted by molar-refractivity contribution is 5.84. The van der Waals surface area contributed by atoms with E-state index in [2.05, 4.69) is 15.2 Å². The number of rotatable bonds is 5. The second-order valence-electron chi connectivity index (χ2n) is 6.63. The number of nitrogens with one attached hydrogen (secondary N) is 1. The van der Waals surface area contributed by atoms with Gasteiger partial charge in [-0.3, -0.25) is 19.5 Å². The zero-order valence-corrected chi connectivity index (χ0v) is 14.7. The van der Waals surface area contributed by atoms with E-state index in [-0.39, 0.29) is 24.4 Å². The van der Waals surface area contributed by atoms with E-state index in [1.807, 2.05) is 17.0 Å². The van der Waals surface area contributed by atoms with Crippen LogP contribution in [-0.4, -0.2) is 78.1 Å². The third-order valence-electron chi connectivity index (χ3n) is 5.03. The number of aromatic nitrogens is 1. The highest BCUT2D eigenvalue weighted by Crippen LogP contribution is 2.27. The molecule has 2 aliphatic rings. The van der Waals surface area contributed by atoms with Gasteiger partial charge in [0.15, 0.2) is 0 Å². The summed E-state index contributed by atoms with van der Waals surface area (Å²) in [6.45, 7) is 5.55. The minimum Gasteiger partial charge on any atom is -0.379 e. The Labute approximate surface area is 148 Å². The molecule has 0 unspecified atom stereocenters. The van der Waals surface area contributed by atoms with Crippen LogP contribution in [0, 0.1) is 0 Å². The van der Waals surface area contributed by atoms with E-state index in [9.17, 15) is 9.59 Å². The lowest BCUT2D eigenvalue weighted by Gasteiger charge is -2.37. The summed E-state index contributed by atoms with van der Waals surface area (Å²) in [4.78, 5) is 32.2. The SMILES string of the molecule is CC(=O)NCC(=O)N1CC[C@H](N2CCOCC2)[C@H]1Cc1ccncc1. The van der Waals surface area contributed by atoms with Crippen molar-refractivity contribution in [3.8, 4) is 0 Å². The summed E-state index contributed by atoms with van der Waals surface area (Å²) >= 11 is 0. The van der Waals surface area contributed by atoms with Gasteiger partial charge in [-0.25, -0.2) is 0 Å². The number of hydrogen-bond donors (Lipinski definition) is 1. The molecule has 7 heteroatoms. The molecule has 2 aliphatic heterocycles. The lowest BCUT2D eigenvalue weighted by molar-refractivity contribution is -0.133. The molecular formula is C18H26N4O3. The largest absolute Gasteiger partial charge is 0.379 e. The Hall–Kier alpha value is -1.99. The molecule has 0 radical (unpaired) electrons. The van der Waals surface area contributed by atoms with E-state index in [1.165, 1.54) is 12.5 Å². The Morgan fingerprint density at radius 3 is 2.64 bits per heavy atom. The number of pyridine rings is 1. The Morgan fingerprint density at radius 1 is 1.24 bits per heavy atom. The molecule has 2 atom stereocenters. The van der Waals surface area contributed by atoms with Crippen molar-refractivity contribution in [3.05, 3.63) is 30.1 Å². The van der Waals surface area contributed by atoms with Gasteiger partial charge >= 0.3 is 0 Å². The molecule has 1 aromatic heterocycles. The van der Waals surface area contributed by atoms with Crippen LogP contribution in [-0.2, 0) is 20.7 Å². The Morgan fingerprint density at radius 2 is 1.96 bits per heavy atom. The number of carbonyl (C=O) groups excluding carboxylic acids is 2. The van der Waals surface area contributed by atoms with Crippen molar-refractivity contribution in [1.29, 1.82) is 0 Å². The third-order valence-corrected chi connectivity index (χ3v) is 5.03. The molecule has 3 heterocycles. The van der Waals surface area contributed by atoms with E-state index in [4.69, 9.17) is 4.74 Å². The molecule has 7 nitrogen and oxygen atoms in total. The number of carbonyl (C=O) groups is 2. The van der Waals surface area contributed by atoms with E-state index in [0.29, 0.717) is 6.04 Å². The second kappa shape index (κ2) is 8.40. The molecule has 0 aromatic carbocycles. The van der Waals surface area contributed by atoms with Gasteiger partial charge in [0.2, 0.25) is 11.8 Å². The highest BCUT2D eigenvalue weighted by Gasteiger charge is 2.40. The van der Waals surface area contributed by atoms with Gasteiger partial charge in [0, 0.05) is 45.0 Å². The van der Waals surface area contributed by atoms with Gasteiger partial charge < -0.3 is 15.0 Å². The van der Waals surface area contributed by atoms with Crippen molar-refractivity contribution in [2.45, 2.75) is 31.8 Å². The molecule has 3 rings (SSSR count). The van der Waals surface area contributed by atoms with Crippen molar-refractivity contribution >= 4 is 11.8 Å². The fraction of sp³-hybridized carbons (Fsp3) is 0.611. The van der Waals surface area contributed by atoms with E-state index in [0.717, 1.165) is 45.7 Å². The molecule has 1 aromatic rings. The first kappa shape index (κ1) is 17.8. The maximum Gasteiger partial charge on any atom is 0.242 e. The lowest BCUT2D eigenvalue weighted by atomic mass is 9.99. The summed E-state index contributed by atoms with van der Waals surface area (Å²) in [7, 11) is 0. The summed E-state index contributed by atoms with van der Waals surface area (Å²) in [6.07, 6.45) is 5.34. The molecule has 2 amide bonds. The number of ether oxygens (including phenoxy) is 1. The quantitative estimate of drug-likeness (QED) is 0.816. The first-order chi connectivity index (χ1) is 12.1. The van der Waals surface area contributed by atoms with Crippen LogP contribution in [0.5, 0.6) is 0 Å². The predicted octanol–water partition coefficient (Wildman–Crippen LogP) is 0.0619. The maximum absolute atomic E-state index is 12.6. The van der Waals surface area contributed by atoms with Crippen LogP contribution in [0.3, 0.4) is 0 Å². The minimum absolute atomic E-state index is 0.00924. The first-order valence-electron chi connectivity index (χ1n) is 8.90. The second-order valence-corrected chi connectivity index (χ2v) is 6.63. The standard InChI is InChI=1S/C18H26N4O3/c1-14(23)20-13-18(24)22-7-4-16(21-8-10-25-11-9-21)17(22)12-15-2-5-19-6-3-15/h2-3,5-6,16-17H,4,7-13H2,1H3,(H,20,23)/t16-,17+/m0/s1. The number of amides is 2. The van der Waals surface area contributed by atoms with Gasteiger partial charge in [0.25, 0.3) is 0 Å². The molecule has 0 spiro atoms. The molecule has 0 bridgehead atoms. The molecule has 0 saturated carbocycles. The van der Waals surface area contributed by atoms with Crippen LogP contribution in [0.1, 0.15) is 18.9 Å². The van der Waals surface area contributed by atoms with Crippen LogP contribution in [0.4, 0.5) is 0 Å². The minimum atomic E-state index is -0.178. The molecular weight excluding hydrogens is 320 g/mol. The van der Waals surface area contributed by atoms with Gasteiger partial charge in [0.05, 0.1) is 25.8 Å². The van der Waals surface area contributed by atoms with E-state index in [1.54, 1.807) is 12.4 Å². The van der Waals surface area contributed by atoms with Gasteiger partial charge in [0.1, 0.15) is 0 Å². The number of likely N-dealkylation sites (tertiary alicyclic amines) is 1. The molecule has 2 fully saturated rings. The van der Waals surface area contributed by atoms with E-state index < -0.39 is 0 Å². The van der Waals surface area contributed by atoms with E-state index >= 15 is 0 Å². The predicted molar refractivity (Wildman–Crippen MR) is 92.9 cm³/mol. The van der Waals surface area contributed by atoms with Gasteiger partial charge in [-0.05, 0) is 30.5 Å². The Balaban J connectivity index is 1.74. The highest BCUT2D eigenvalue weighted by atomic mass is 16.5. The fourth-order valence-electron chi connectivity index (χ4n) is 3.79. The zero-order chi connectivity index (χ0) is 17.6. The number of morpholine rings is 1. The van der Waals surface area contributed by atoms with Crippen LogP contribution in [0.2, 0.25) is 0 Å². The fourth-order valence-corrected chi connectivity index (χ4v) is 3.79. The molecule has 1 N–H and O–H groups in total. The van der Waals surface area contributed by atoms with Crippen LogP contribution in [0.25, 0.3) is 0 Å². The summed E-state index contributed by atoms with van der Waals surface area (Å²) < 4.78 is 5.47. The van der Waals surface area contributed by atoms with Crippen LogP contribution in [0.15, 0.2) is 24.5 Å². The zero-order valence-electron chi connectivity index (χ0n) is 14.7. The number of nitrogens with zero attached hydrogens (tertiary/aromatic N) is 3. The average Bonchev–Trinajstić information content (AvgIpc) is 3.05. The first-order valence-corrected chi connectivity index (χ1v) is 8.90. The van der Waals surface area contributed by atoms with Crippen LogP contribution < -0.4 is 5.32 Å². The monoisotopic (exact) mass is 346 g/mol. The van der Waals surface area contributed by atoms with Crippen molar-refractivity contribution in [2.75, 3.05) is 39.4 Å². The van der Waals surface area contributed by atoms with Crippen molar-refractivity contribution in [2.24, 2.45) is 0 Å². The van der Waals surface area contributed by atoms with Crippen molar-refractivity contribution < 1.29 is 14.3 Å². The molecule has 136 valence electrons. The maximum atomic E-state index is 12.6. The summed E-state index contributed by atoms with van der Waals surface area (Å²) in [5, 5.41) is 2.63. The molecule has 25 heavy (non-hydrogen) atoms. The molecule has 0 aliphatic carbocycles. The average molecular weight is 346 g/mol. The topological polar surface area (TPSA) is 74.8 Å². The Kier molecular flexibility index (Phi) is 5.99. The number of hydrogen-bond acceptors (Lipinski definition) is 5. The van der Waals surface area contributed by atoms with Crippen molar-refractivity contribution in [1.82, 2.24) is 20.1 Å². The smallest absolute Gasteiger partial charge is 0.242 e.